The Labute approximate surface area is 126 Å². The molecule has 2 aromatic carbocycles. The van der Waals surface area contributed by atoms with Gasteiger partial charge < -0.3 is 4.74 Å². The first-order valence-electron chi connectivity index (χ1n) is 6.63. The molecule has 0 aliphatic carbocycles. The highest BCUT2D eigenvalue weighted by molar-refractivity contribution is 7.88. The highest BCUT2D eigenvalue weighted by Gasteiger charge is 2.19. The quantitative estimate of drug-likeness (QED) is 0.824. The number of hydrogen-bond acceptors (Lipinski definition) is 3. The first-order chi connectivity index (χ1) is 10.0. The predicted octanol–water partition coefficient (Wildman–Crippen LogP) is 2.66. The van der Waals surface area contributed by atoms with Crippen molar-refractivity contribution in [2.75, 3.05) is 14.2 Å². The molecule has 0 heterocycles. The first kappa shape index (κ1) is 15.5. The summed E-state index contributed by atoms with van der Waals surface area (Å²) in [6, 6.07) is 16.6. The lowest BCUT2D eigenvalue weighted by Crippen LogP contribution is -2.27. The van der Waals surface area contributed by atoms with Crippen LogP contribution >= 0.6 is 0 Å². The molecule has 21 heavy (non-hydrogen) atoms. The van der Waals surface area contributed by atoms with Gasteiger partial charge in [-0.3, -0.25) is 0 Å². The van der Waals surface area contributed by atoms with Gasteiger partial charge in [0.25, 0.3) is 0 Å². The number of hydrogen-bond donors (Lipinski definition) is 0. The van der Waals surface area contributed by atoms with Crippen LogP contribution in [0.25, 0.3) is 0 Å². The molecule has 112 valence electrons. The van der Waals surface area contributed by atoms with Crippen molar-refractivity contribution in [1.82, 2.24) is 4.31 Å². The van der Waals surface area contributed by atoms with E-state index in [0.717, 1.165) is 11.1 Å². The fourth-order valence-electron chi connectivity index (χ4n) is 2.07. The monoisotopic (exact) mass is 305 g/mol. The Morgan fingerprint density at radius 1 is 1.00 bits per heavy atom. The zero-order valence-electron chi connectivity index (χ0n) is 12.2. The van der Waals surface area contributed by atoms with E-state index in [1.807, 2.05) is 54.6 Å². The molecule has 0 bridgehead atoms. The SMILES string of the molecule is COc1ccccc1CN(C)S(=O)(=O)Cc1ccccc1. The van der Waals surface area contributed by atoms with Gasteiger partial charge in [-0.2, -0.15) is 0 Å². The largest absolute Gasteiger partial charge is 0.496 e. The van der Waals surface area contributed by atoms with Gasteiger partial charge >= 0.3 is 0 Å². The smallest absolute Gasteiger partial charge is 0.218 e. The zero-order chi connectivity index (χ0) is 15.3. The molecular formula is C16H19NO3S. The van der Waals surface area contributed by atoms with E-state index >= 15 is 0 Å². The summed E-state index contributed by atoms with van der Waals surface area (Å²) in [7, 11) is -0.190. The van der Waals surface area contributed by atoms with Crippen LogP contribution in [0, 0.1) is 0 Å². The fourth-order valence-corrected chi connectivity index (χ4v) is 3.24. The van der Waals surface area contributed by atoms with Crippen LogP contribution in [0.1, 0.15) is 11.1 Å². The van der Waals surface area contributed by atoms with Crippen LogP contribution in [-0.4, -0.2) is 26.9 Å². The number of methoxy groups -OCH3 is 1. The lowest BCUT2D eigenvalue weighted by atomic mass is 10.2. The molecule has 2 aromatic rings. The van der Waals surface area contributed by atoms with Gasteiger partial charge in [0, 0.05) is 19.2 Å². The third-order valence-corrected chi connectivity index (χ3v) is 5.03. The minimum Gasteiger partial charge on any atom is -0.496 e. The number of nitrogens with zero attached hydrogens (tertiary/aromatic N) is 1. The molecule has 0 atom stereocenters. The summed E-state index contributed by atoms with van der Waals surface area (Å²) in [5.74, 6) is 0.693. The van der Waals surface area contributed by atoms with Gasteiger partial charge in [0.05, 0.1) is 12.9 Å². The van der Waals surface area contributed by atoms with Gasteiger partial charge in [0.15, 0.2) is 0 Å². The van der Waals surface area contributed by atoms with Crippen molar-refractivity contribution in [3.05, 3.63) is 65.7 Å². The van der Waals surface area contributed by atoms with Gasteiger partial charge in [-0.1, -0.05) is 48.5 Å². The molecule has 0 spiro atoms. The molecule has 0 fully saturated rings. The summed E-state index contributed by atoms with van der Waals surface area (Å²) < 4.78 is 31.4. The van der Waals surface area contributed by atoms with Crippen molar-refractivity contribution in [1.29, 1.82) is 0 Å². The maximum absolute atomic E-state index is 12.4. The molecule has 0 radical (unpaired) electrons. The molecule has 0 aromatic heterocycles. The van der Waals surface area contributed by atoms with Crippen molar-refractivity contribution < 1.29 is 13.2 Å². The predicted molar refractivity (Wildman–Crippen MR) is 83.5 cm³/mol. The number of benzene rings is 2. The van der Waals surface area contributed by atoms with E-state index in [0.29, 0.717) is 12.3 Å². The van der Waals surface area contributed by atoms with E-state index in [1.165, 1.54) is 4.31 Å². The van der Waals surface area contributed by atoms with Crippen molar-refractivity contribution in [3.63, 3.8) is 0 Å². The van der Waals surface area contributed by atoms with E-state index in [1.54, 1.807) is 14.2 Å². The van der Waals surface area contributed by atoms with E-state index in [9.17, 15) is 8.42 Å². The zero-order valence-corrected chi connectivity index (χ0v) is 13.0. The Bertz CT molecular complexity index is 684. The lowest BCUT2D eigenvalue weighted by molar-refractivity contribution is 0.398. The molecule has 0 N–H and O–H groups in total. The molecule has 0 saturated heterocycles. The normalized spacial score (nSPS) is 11.6. The van der Waals surface area contributed by atoms with E-state index < -0.39 is 10.0 Å². The molecule has 0 unspecified atom stereocenters. The summed E-state index contributed by atoms with van der Waals surface area (Å²) in [4.78, 5) is 0. The Morgan fingerprint density at radius 2 is 1.62 bits per heavy atom. The van der Waals surface area contributed by atoms with Crippen LogP contribution in [0.3, 0.4) is 0 Å². The Hall–Kier alpha value is -1.85. The lowest BCUT2D eigenvalue weighted by Gasteiger charge is -2.18. The average molecular weight is 305 g/mol. The van der Waals surface area contributed by atoms with Gasteiger partial charge in [-0.05, 0) is 11.6 Å². The standard InChI is InChI=1S/C16H19NO3S/c1-17(12-15-10-6-7-11-16(15)20-2)21(18,19)13-14-8-4-3-5-9-14/h3-11H,12-13H2,1-2H3. The Kier molecular flexibility index (Phi) is 4.98. The number of sulfonamides is 1. The highest BCUT2D eigenvalue weighted by Crippen LogP contribution is 2.20. The van der Waals surface area contributed by atoms with Gasteiger partial charge in [-0.15, -0.1) is 0 Å². The van der Waals surface area contributed by atoms with Crippen LogP contribution in [-0.2, 0) is 22.3 Å². The second-order valence-corrected chi connectivity index (χ2v) is 6.89. The summed E-state index contributed by atoms with van der Waals surface area (Å²) in [5, 5.41) is 0. The third kappa shape index (κ3) is 4.06. The molecule has 2 rings (SSSR count). The Balaban J connectivity index is 2.13. The Morgan fingerprint density at radius 3 is 2.29 bits per heavy atom. The van der Waals surface area contributed by atoms with Crippen LogP contribution in [0.15, 0.2) is 54.6 Å². The molecule has 0 aliphatic rings. The van der Waals surface area contributed by atoms with Crippen LogP contribution in [0.5, 0.6) is 5.75 Å². The maximum atomic E-state index is 12.4. The minimum absolute atomic E-state index is 0.000507. The van der Waals surface area contributed by atoms with Crippen molar-refractivity contribution in [2.24, 2.45) is 0 Å². The topological polar surface area (TPSA) is 46.6 Å². The second-order valence-electron chi connectivity index (χ2n) is 4.81. The maximum Gasteiger partial charge on any atom is 0.218 e. The van der Waals surface area contributed by atoms with E-state index in [4.69, 9.17) is 4.74 Å². The summed E-state index contributed by atoms with van der Waals surface area (Å²) in [6.45, 7) is 0.291. The molecule has 4 nitrogen and oxygen atoms in total. The van der Waals surface area contributed by atoms with E-state index in [2.05, 4.69) is 0 Å². The molecule has 5 heteroatoms. The van der Waals surface area contributed by atoms with Crippen molar-refractivity contribution in [2.45, 2.75) is 12.3 Å². The number of para-hydroxylation sites is 1. The average Bonchev–Trinajstić information content (AvgIpc) is 2.48. The van der Waals surface area contributed by atoms with Crippen LogP contribution in [0.4, 0.5) is 0 Å². The fraction of sp³-hybridized carbons (Fsp3) is 0.250. The minimum atomic E-state index is -3.36. The van der Waals surface area contributed by atoms with Gasteiger partial charge in [-0.25, -0.2) is 12.7 Å². The highest BCUT2D eigenvalue weighted by atomic mass is 32.2. The van der Waals surface area contributed by atoms with Crippen molar-refractivity contribution in [3.8, 4) is 5.75 Å². The number of rotatable bonds is 6. The summed E-state index contributed by atoms with van der Waals surface area (Å²) in [5.41, 5.74) is 1.63. The molecule has 0 saturated carbocycles. The molecular weight excluding hydrogens is 286 g/mol. The summed E-state index contributed by atoms with van der Waals surface area (Å²) in [6.07, 6.45) is 0. The first-order valence-corrected chi connectivity index (χ1v) is 8.23. The summed E-state index contributed by atoms with van der Waals surface area (Å²) >= 11 is 0. The molecule has 0 amide bonds. The third-order valence-electron chi connectivity index (χ3n) is 3.25. The number of ether oxygens (including phenoxy) is 1. The van der Waals surface area contributed by atoms with E-state index in [-0.39, 0.29) is 5.75 Å². The second kappa shape index (κ2) is 6.74. The molecule has 0 aliphatic heterocycles. The van der Waals surface area contributed by atoms with Gasteiger partial charge in [0.1, 0.15) is 5.75 Å². The van der Waals surface area contributed by atoms with Gasteiger partial charge in [0.2, 0.25) is 10.0 Å². The van der Waals surface area contributed by atoms with Crippen LogP contribution < -0.4 is 4.74 Å². The van der Waals surface area contributed by atoms with Crippen molar-refractivity contribution >= 4 is 10.0 Å². The van der Waals surface area contributed by atoms with Crippen LogP contribution in [0.2, 0.25) is 0 Å².